The normalized spacial score (nSPS) is 21.6. The lowest BCUT2D eigenvalue weighted by atomic mass is 10.1. The van der Waals surface area contributed by atoms with Gasteiger partial charge in [-0.2, -0.15) is 0 Å². The van der Waals surface area contributed by atoms with E-state index in [-0.39, 0.29) is 25.9 Å². The van der Waals surface area contributed by atoms with Gasteiger partial charge in [-0.25, -0.2) is 4.79 Å². The van der Waals surface area contributed by atoms with Crippen LogP contribution >= 0.6 is 0 Å². The Morgan fingerprint density at radius 3 is 1.84 bits per heavy atom. The highest BCUT2D eigenvalue weighted by Gasteiger charge is 2.42. The Hall–Kier alpha value is -4.32. The number of hydrogen-bond acceptors (Lipinski definition) is 10. The van der Waals surface area contributed by atoms with E-state index < -0.39 is 103 Å². The van der Waals surface area contributed by atoms with Gasteiger partial charge >= 0.3 is 11.9 Å². The number of amides is 6. The van der Waals surface area contributed by atoms with Gasteiger partial charge < -0.3 is 52.5 Å². The van der Waals surface area contributed by atoms with Crippen molar-refractivity contribution >= 4 is 47.4 Å². The lowest BCUT2D eigenvalue weighted by Crippen LogP contribution is -2.60. The Morgan fingerprint density at radius 2 is 1.35 bits per heavy atom. The van der Waals surface area contributed by atoms with Crippen molar-refractivity contribution in [2.75, 3.05) is 13.1 Å². The van der Waals surface area contributed by atoms with Crippen LogP contribution in [0.5, 0.6) is 0 Å². The number of nitrogens with zero attached hydrogens (tertiary/aromatic N) is 2. The van der Waals surface area contributed by atoms with Gasteiger partial charge in [0.1, 0.15) is 30.2 Å². The Kier molecular flexibility index (Phi) is 12.4. The monoisotopic (exact) mass is 613 g/mol. The summed E-state index contributed by atoms with van der Waals surface area (Å²) in [5.74, 6) is -8.30. The van der Waals surface area contributed by atoms with Crippen molar-refractivity contribution in [1.29, 1.82) is 0 Å². The number of rotatable bonds is 14. The SMILES string of the molecule is C[C@H](N)C(=O)N[C@H](C(=O)N1CCC[C@H]1C(=O)N[C@@H](CC(N)=O)C(=O)N[C@@H](CC(=O)O)C(=O)N1CCC[C@H]1C(=O)O)[C@@H](C)O. The molecule has 0 aliphatic carbocycles. The summed E-state index contributed by atoms with van der Waals surface area (Å²) in [7, 11) is 0. The van der Waals surface area contributed by atoms with Crippen molar-refractivity contribution in [2.45, 2.75) is 94.7 Å². The van der Waals surface area contributed by atoms with Crippen molar-refractivity contribution in [3.05, 3.63) is 0 Å². The number of carboxylic acids is 2. The van der Waals surface area contributed by atoms with Gasteiger partial charge in [-0.1, -0.05) is 0 Å². The standard InChI is InChI=1S/C25H39N7O11/c1-11(26)20(37)30-19(12(2)33)24(41)31-7-3-5-15(31)22(39)28-13(9-17(27)34)21(38)29-14(10-18(35)36)23(40)32-8-4-6-16(32)25(42)43/h11-16,19,33H,3-10,26H2,1-2H3,(H2,27,34)(H,28,39)(H,29,38)(H,30,37)(H,35,36)(H,42,43)/t11-,12+,13-,14-,15-,16-,19-/m0/s1. The van der Waals surface area contributed by atoms with E-state index in [0.717, 1.165) is 9.80 Å². The Morgan fingerprint density at radius 1 is 0.791 bits per heavy atom. The molecule has 0 saturated carbocycles. The fraction of sp³-hybridized carbons (Fsp3) is 0.680. The number of aliphatic hydroxyl groups is 1. The predicted octanol–water partition coefficient (Wildman–Crippen LogP) is -4.41. The van der Waals surface area contributed by atoms with Crippen molar-refractivity contribution in [2.24, 2.45) is 11.5 Å². The molecule has 0 aromatic rings. The number of carboxylic acid groups (broad SMARTS) is 2. The van der Waals surface area contributed by atoms with Gasteiger partial charge in [0, 0.05) is 13.1 Å². The Bertz CT molecular complexity index is 1130. The second-order valence-corrected chi connectivity index (χ2v) is 10.6. The van der Waals surface area contributed by atoms with E-state index in [2.05, 4.69) is 16.0 Å². The largest absolute Gasteiger partial charge is 0.481 e. The number of nitrogens with two attached hydrogens (primary N) is 2. The molecule has 0 spiro atoms. The minimum absolute atomic E-state index is 0.0207. The Labute approximate surface area is 246 Å². The van der Waals surface area contributed by atoms with Crippen LogP contribution in [0.25, 0.3) is 0 Å². The fourth-order valence-electron chi connectivity index (χ4n) is 4.97. The minimum atomic E-state index is -1.72. The first-order valence-corrected chi connectivity index (χ1v) is 13.7. The lowest BCUT2D eigenvalue weighted by molar-refractivity contribution is -0.151. The Balaban J connectivity index is 2.23. The highest BCUT2D eigenvalue weighted by atomic mass is 16.4. The molecular weight excluding hydrogens is 574 g/mol. The number of primary amides is 1. The topological polar surface area (TPSA) is 292 Å². The molecule has 2 rings (SSSR count). The third kappa shape index (κ3) is 9.34. The number of aliphatic hydroxyl groups excluding tert-OH is 1. The summed E-state index contributed by atoms with van der Waals surface area (Å²) in [5, 5.41) is 35.7. The first-order chi connectivity index (χ1) is 20.0. The summed E-state index contributed by atoms with van der Waals surface area (Å²) < 4.78 is 0. The second kappa shape index (κ2) is 15.2. The van der Waals surface area contributed by atoms with E-state index >= 15 is 0 Å². The molecule has 18 nitrogen and oxygen atoms in total. The van der Waals surface area contributed by atoms with Crippen LogP contribution < -0.4 is 27.4 Å². The first-order valence-electron chi connectivity index (χ1n) is 13.7. The van der Waals surface area contributed by atoms with Crippen molar-refractivity contribution < 1.29 is 53.7 Å². The first kappa shape index (κ1) is 34.9. The third-order valence-electron chi connectivity index (χ3n) is 7.15. The molecule has 0 bridgehead atoms. The summed E-state index contributed by atoms with van der Waals surface area (Å²) in [6.45, 7) is 2.72. The number of carbonyl (C=O) groups excluding carboxylic acids is 6. The summed E-state index contributed by atoms with van der Waals surface area (Å²) >= 11 is 0. The van der Waals surface area contributed by atoms with Crippen LogP contribution in [-0.2, 0) is 38.4 Å². The van der Waals surface area contributed by atoms with Gasteiger partial charge in [-0.3, -0.25) is 33.6 Å². The number of carbonyl (C=O) groups is 8. The zero-order valence-electron chi connectivity index (χ0n) is 23.9. The van der Waals surface area contributed by atoms with Gasteiger partial charge in [0.05, 0.1) is 25.0 Å². The molecule has 7 atom stereocenters. The van der Waals surface area contributed by atoms with E-state index in [0.29, 0.717) is 12.8 Å². The van der Waals surface area contributed by atoms with E-state index in [9.17, 15) is 53.7 Å². The molecular formula is C25H39N7O11. The maximum absolute atomic E-state index is 13.3. The van der Waals surface area contributed by atoms with E-state index in [1.807, 2.05) is 0 Å². The molecule has 240 valence electrons. The van der Waals surface area contributed by atoms with Gasteiger partial charge in [0.15, 0.2) is 0 Å². The smallest absolute Gasteiger partial charge is 0.326 e. The number of aliphatic carboxylic acids is 2. The summed E-state index contributed by atoms with van der Waals surface area (Å²) in [6.07, 6.45) is -2.07. The van der Waals surface area contributed by atoms with Gasteiger partial charge in [-0.15, -0.1) is 0 Å². The minimum Gasteiger partial charge on any atom is -0.481 e. The second-order valence-electron chi connectivity index (χ2n) is 10.6. The molecule has 0 radical (unpaired) electrons. The van der Waals surface area contributed by atoms with Crippen LogP contribution in [0.15, 0.2) is 0 Å². The molecule has 2 fully saturated rings. The fourth-order valence-corrected chi connectivity index (χ4v) is 4.97. The molecule has 2 aliphatic heterocycles. The molecule has 0 aromatic carbocycles. The van der Waals surface area contributed by atoms with E-state index in [1.54, 1.807) is 0 Å². The lowest BCUT2D eigenvalue weighted by Gasteiger charge is -2.31. The number of likely N-dealkylation sites (tertiary alicyclic amines) is 2. The third-order valence-corrected chi connectivity index (χ3v) is 7.15. The summed E-state index contributed by atoms with van der Waals surface area (Å²) in [5.41, 5.74) is 10.8. The van der Waals surface area contributed by atoms with Crippen LogP contribution in [-0.4, -0.2) is 128 Å². The zero-order chi connectivity index (χ0) is 32.6. The van der Waals surface area contributed by atoms with Crippen LogP contribution in [0.3, 0.4) is 0 Å². The molecule has 2 aliphatic rings. The summed E-state index contributed by atoms with van der Waals surface area (Å²) in [4.78, 5) is 102. The maximum Gasteiger partial charge on any atom is 0.326 e. The van der Waals surface area contributed by atoms with Crippen molar-refractivity contribution in [3.63, 3.8) is 0 Å². The van der Waals surface area contributed by atoms with E-state index in [1.165, 1.54) is 13.8 Å². The van der Waals surface area contributed by atoms with E-state index in [4.69, 9.17) is 11.5 Å². The van der Waals surface area contributed by atoms with Crippen molar-refractivity contribution in [3.8, 4) is 0 Å². The zero-order valence-corrected chi connectivity index (χ0v) is 23.9. The van der Waals surface area contributed by atoms with Crippen LogP contribution in [0.2, 0.25) is 0 Å². The predicted molar refractivity (Wildman–Crippen MR) is 144 cm³/mol. The van der Waals surface area contributed by atoms with Gasteiger partial charge in [0.2, 0.25) is 35.4 Å². The number of nitrogens with one attached hydrogen (secondary N) is 3. The molecule has 2 saturated heterocycles. The molecule has 2 heterocycles. The van der Waals surface area contributed by atoms with Crippen LogP contribution in [0.4, 0.5) is 0 Å². The molecule has 6 amide bonds. The molecule has 18 heteroatoms. The molecule has 0 unspecified atom stereocenters. The van der Waals surface area contributed by atoms with Gasteiger partial charge in [0.25, 0.3) is 0 Å². The van der Waals surface area contributed by atoms with Gasteiger partial charge in [-0.05, 0) is 39.5 Å². The molecule has 43 heavy (non-hydrogen) atoms. The highest BCUT2D eigenvalue weighted by molar-refractivity contribution is 5.98. The van der Waals surface area contributed by atoms with Crippen molar-refractivity contribution in [1.82, 2.24) is 25.8 Å². The molecule has 10 N–H and O–H groups in total. The summed E-state index contributed by atoms with van der Waals surface area (Å²) in [6, 6.07) is -8.22. The van der Waals surface area contributed by atoms with Crippen LogP contribution in [0, 0.1) is 0 Å². The number of hydrogen-bond donors (Lipinski definition) is 8. The van der Waals surface area contributed by atoms with Crippen LogP contribution in [0.1, 0.15) is 52.4 Å². The molecule has 0 aromatic heterocycles. The quantitative estimate of drug-likeness (QED) is 0.0921. The average Bonchev–Trinajstić information content (AvgIpc) is 3.59. The highest BCUT2D eigenvalue weighted by Crippen LogP contribution is 2.21. The maximum atomic E-state index is 13.3. The average molecular weight is 614 g/mol.